The highest BCUT2D eigenvalue weighted by Gasteiger charge is 2.23. The maximum absolute atomic E-state index is 12.2. The number of rotatable bonds is 11. The van der Waals surface area contributed by atoms with Gasteiger partial charge in [0.15, 0.2) is 12.4 Å². The highest BCUT2D eigenvalue weighted by atomic mass is 16.5. The smallest absolute Gasteiger partial charge is 0.258 e. The second-order valence-electron chi connectivity index (χ2n) is 11.3. The van der Waals surface area contributed by atoms with Crippen molar-refractivity contribution in [2.75, 3.05) is 11.9 Å². The number of nitrogens with zero attached hydrogens (tertiary/aromatic N) is 2. The Morgan fingerprint density at radius 1 is 1.15 bits per heavy atom. The van der Waals surface area contributed by atoms with E-state index in [1.807, 2.05) is 69.3 Å². The van der Waals surface area contributed by atoms with Gasteiger partial charge in [-0.1, -0.05) is 50.5 Å². The first-order valence-electron chi connectivity index (χ1n) is 13.9. The first-order chi connectivity index (χ1) is 19.2. The lowest BCUT2D eigenvalue weighted by Crippen LogP contribution is -2.43. The molecule has 0 saturated heterocycles. The Bertz CT molecular complexity index is 1370. The third kappa shape index (κ3) is 7.46. The van der Waals surface area contributed by atoms with Crippen LogP contribution in [0.5, 0.6) is 5.75 Å². The quantitative estimate of drug-likeness (QED) is 0.220. The fourth-order valence-corrected chi connectivity index (χ4v) is 4.69. The van der Waals surface area contributed by atoms with E-state index < -0.39 is 0 Å². The van der Waals surface area contributed by atoms with Crippen molar-refractivity contribution in [3.05, 3.63) is 71.6 Å². The number of nitrogens with two attached hydrogens (primary N) is 1. The Hall–Kier alpha value is -4.20. The van der Waals surface area contributed by atoms with E-state index >= 15 is 0 Å². The third-order valence-corrected chi connectivity index (χ3v) is 6.94. The van der Waals surface area contributed by atoms with Crippen LogP contribution in [0.3, 0.4) is 0 Å². The van der Waals surface area contributed by atoms with Gasteiger partial charge >= 0.3 is 0 Å². The van der Waals surface area contributed by atoms with Crippen LogP contribution in [-0.2, 0) is 17.6 Å². The van der Waals surface area contributed by atoms with Gasteiger partial charge in [0, 0.05) is 46.0 Å². The number of anilines is 2. The summed E-state index contributed by atoms with van der Waals surface area (Å²) in [5, 5.41) is 14.0. The summed E-state index contributed by atoms with van der Waals surface area (Å²) in [5.41, 5.74) is 10.8. The van der Waals surface area contributed by atoms with Gasteiger partial charge in [0.05, 0.1) is 0 Å². The molecule has 1 aliphatic rings. The SMILES string of the molecule is CCc1nc(-c2cccc(OCC(=O)NC(C)(C)C)c2)nc(Nc2ccc(/C(C=N)=C/N)cc2)c1CC1CCC1. The van der Waals surface area contributed by atoms with Crippen LogP contribution >= 0.6 is 0 Å². The van der Waals surface area contributed by atoms with E-state index in [0.717, 1.165) is 46.7 Å². The van der Waals surface area contributed by atoms with Crippen LogP contribution in [0.2, 0.25) is 0 Å². The van der Waals surface area contributed by atoms with Crippen molar-refractivity contribution >= 4 is 29.2 Å². The van der Waals surface area contributed by atoms with Gasteiger partial charge in [0.2, 0.25) is 0 Å². The van der Waals surface area contributed by atoms with Gasteiger partial charge in [0.25, 0.3) is 5.91 Å². The fraction of sp³-hybridized carbons (Fsp3) is 0.375. The lowest BCUT2D eigenvalue weighted by molar-refractivity contribution is -0.124. The molecular weight excluding hydrogens is 500 g/mol. The van der Waals surface area contributed by atoms with Gasteiger partial charge in [0.1, 0.15) is 11.6 Å². The molecule has 3 aromatic rings. The zero-order chi connectivity index (χ0) is 28.7. The van der Waals surface area contributed by atoms with Crippen LogP contribution in [0.1, 0.15) is 63.8 Å². The molecule has 1 saturated carbocycles. The molecule has 5 N–H and O–H groups in total. The number of allylic oxidation sites excluding steroid dienone is 1. The predicted octanol–water partition coefficient (Wildman–Crippen LogP) is 6.03. The van der Waals surface area contributed by atoms with Crippen molar-refractivity contribution in [2.24, 2.45) is 11.7 Å². The van der Waals surface area contributed by atoms with Gasteiger partial charge in [-0.25, -0.2) is 9.97 Å². The highest BCUT2D eigenvalue weighted by molar-refractivity contribution is 6.08. The molecule has 210 valence electrons. The third-order valence-electron chi connectivity index (χ3n) is 6.94. The van der Waals surface area contributed by atoms with Gasteiger partial charge in [-0.15, -0.1) is 0 Å². The molecule has 0 spiro atoms. The molecule has 1 heterocycles. The Morgan fingerprint density at radius 3 is 2.50 bits per heavy atom. The van der Waals surface area contributed by atoms with Crippen LogP contribution in [0.15, 0.2) is 54.7 Å². The van der Waals surface area contributed by atoms with Crippen molar-refractivity contribution in [3.63, 3.8) is 0 Å². The lowest BCUT2D eigenvalue weighted by atomic mass is 9.80. The van der Waals surface area contributed by atoms with Crippen LogP contribution in [0, 0.1) is 11.3 Å². The zero-order valence-electron chi connectivity index (χ0n) is 23.9. The fourth-order valence-electron chi connectivity index (χ4n) is 4.69. The maximum atomic E-state index is 12.2. The number of hydrogen-bond acceptors (Lipinski definition) is 7. The number of aryl methyl sites for hydroxylation is 1. The van der Waals surface area contributed by atoms with Crippen molar-refractivity contribution in [3.8, 4) is 17.1 Å². The standard InChI is InChI=1S/C32H40N6O2/c1-5-28-27(16-21-8-6-9-21)31(35-25-14-12-22(13-15-25)24(18-33)19-34)37-30(36-28)23-10-7-11-26(17-23)40-20-29(39)38-32(2,3)4/h7,10-15,17-19,21,33H,5-6,8-9,16,20,34H2,1-4H3,(H,38,39)(H,35,36,37)/b24-19+,33-18?. The van der Waals surface area contributed by atoms with Crippen LogP contribution in [0.25, 0.3) is 17.0 Å². The van der Waals surface area contributed by atoms with Gasteiger partial charge < -0.3 is 26.5 Å². The second-order valence-corrected chi connectivity index (χ2v) is 11.3. The molecule has 0 atom stereocenters. The van der Waals surface area contributed by atoms with Crippen LogP contribution < -0.4 is 21.1 Å². The average molecular weight is 541 g/mol. The summed E-state index contributed by atoms with van der Waals surface area (Å²) in [4.78, 5) is 22.2. The molecule has 1 amide bonds. The second kappa shape index (κ2) is 12.8. The Morgan fingerprint density at radius 2 is 1.90 bits per heavy atom. The van der Waals surface area contributed by atoms with Crippen LogP contribution in [0.4, 0.5) is 11.5 Å². The molecular formula is C32H40N6O2. The number of carbonyl (C=O) groups excluding carboxylic acids is 1. The minimum Gasteiger partial charge on any atom is -0.484 e. The maximum Gasteiger partial charge on any atom is 0.258 e. The predicted molar refractivity (Wildman–Crippen MR) is 162 cm³/mol. The molecule has 0 unspecified atom stereocenters. The molecule has 1 aliphatic carbocycles. The van der Waals surface area contributed by atoms with Gasteiger partial charge in [-0.2, -0.15) is 0 Å². The Kier molecular flexibility index (Phi) is 9.19. The number of carbonyl (C=O) groups is 1. The van der Waals surface area contributed by atoms with Gasteiger partial charge in [-0.3, -0.25) is 4.79 Å². The number of amides is 1. The summed E-state index contributed by atoms with van der Waals surface area (Å²) in [5.74, 6) is 2.48. The average Bonchev–Trinajstić information content (AvgIpc) is 2.90. The molecule has 8 nitrogen and oxygen atoms in total. The number of ether oxygens (including phenoxy) is 1. The molecule has 4 rings (SSSR count). The largest absolute Gasteiger partial charge is 0.484 e. The monoisotopic (exact) mass is 540 g/mol. The molecule has 0 aliphatic heterocycles. The summed E-state index contributed by atoms with van der Waals surface area (Å²) >= 11 is 0. The molecule has 2 aromatic carbocycles. The van der Waals surface area contributed by atoms with E-state index in [2.05, 4.69) is 17.6 Å². The summed E-state index contributed by atoms with van der Waals surface area (Å²) in [6.45, 7) is 7.87. The zero-order valence-corrected chi connectivity index (χ0v) is 23.9. The number of hydrogen-bond donors (Lipinski definition) is 4. The minimum atomic E-state index is -0.318. The molecule has 0 radical (unpaired) electrons. The van der Waals surface area contributed by atoms with Crippen molar-refractivity contribution in [1.29, 1.82) is 5.41 Å². The molecule has 8 heteroatoms. The van der Waals surface area contributed by atoms with E-state index in [1.54, 1.807) is 0 Å². The molecule has 1 aromatic heterocycles. The highest BCUT2D eigenvalue weighted by Crippen LogP contribution is 2.35. The van der Waals surface area contributed by atoms with Crippen molar-refractivity contribution < 1.29 is 9.53 Å². The number of nitrogens with one attached hydrogen (secondary N) is 3. The van der Waals surface area contributed by atoms with Crippen LogP contribution in [-0.4, -0.2) is 34.2 Å². The lowest BCUT2D eigenvalue weighted by Gasteiger charge is -2.27. The molecule has 1 fully saturated rings. The normalized spacial score (nSPS) is 13.8. The first kappa shape index (κ1) is 28.8. The van der Waals surface area contributed by atoms with E-state index in [9.17, 15) is 4.79 Å². The van der Waals surface area contributed by atoms with Crippen molar-refractivity contribution in [2.45, 2.75) is 65.3 Å². The summed E-state index contributed by atoms with van der Waals surface area (Å²) in [6.07, 6.45) is 8.17. The Balaban J connectivity index is 1.64. The van der Waals surface area contributed by atoms with Gasteiger partial charge in [-0.05, 0) is 69.4 Å². The minimum absolute atomic E-state index is 0.0655. The van der Waals surface area contributed by atoms with Crippen molar-refractivity contribution in [1.82, 2.24) is 15.3 Å². The van der Waals surface area contributed by atoms with E-state index in [1.165, 1.54) is 31.7 Å². The Labute approximate surface area is 237 Å². The molecule has 0 bridgehead atoms. The number of benzene rings is 2. The summed E-state index contributed by atoms with van der Waals surface area (Å²) in [7, 11) is 0. The van der Waals surface area contributed by atoms with E-state index in [0.29, 0.717) is 23.1 Å². The topological polar surface area (TPSA) is 126 Å². The van der Waals surface area contributed by atoms with E-state index in [-0.39, 0.29) is 18.1 Å². The number of aromatic nitrogens is 2. The summed E-state index contributed by atoms with van der Waals surface area (Å²) in [6, 6.07) is 15.4. The first-order valence-corrected chi connectivity index (χ1v) is 13.9. The summed E-state index contributed by atoms with van der Waals surface area (Å²) < 4.78 is 5.79. The van der Waals surface area contributed by atoms with E-state index in [4.69, 9.17) is 25.8 Å². The molecule has 40 heavy (non-hydrogen) atoms.